The van der Waals surface area contributed by atoms with Crippen LogP contribution in [0.3, 0.4) is 0 Å². The molecule has 0 spiro atoms. The predicted molar refractivity (Wildman–Crippen MR) is 52.1 cm³/mol. The van der Waals surface area contributed by atoms with Crippen LogP contribution in [0.2, 0.25) is 0 Å². The smallest absolute Gasteiger partial charge is 0.256 e. The summed E-state index contributed by atoms with van der Waals surface area (Å²) in [6, 6.07) is 8.18. The fourth-order valence-corrected chi connectivity index (χ4v) is 1.37. The molecule has 0 saturated heterocycles. The molecule has 1 amide bonds. The average molecular weight is 204 g/mol. The Bertz CT molecular complexity index is 586. The van der Waals surface area contributed by atoms with Gasteiger partial charge in [0.05, 0.1) is 5.56 Å². The summed E-state index contributed by atoms with van der Waals surface area (Å²) < 4.78 is 5.18. The van der Waals surface area contributed by atoms with E-state index in [2.05, 4.69) is 5.16 Å². The van der Waals surface area contributed by atoms with Crippen LogP contribution in [-0.2, 0) is 0 Å². The summed E-state index contributed by atoms with van der Waals surface area (Å²) in [5.41, 5.74) is 5.86. The van der Waals surface area contributed by atoms with Gasteiger partial charge >= 0.3 is 0 Å². The first-order chi connectivity index (χ1) is 7.22. The zero-order chi connectivity index (χ0) is 10.8. The van der Waals surface area contributed by atoms with Crippen LogP contribution < -0.4 is 11.3 Å². The maximum atomic E-state index is 11.1. The molecule has 1 aromatic carbocycles. The monoisotopic (exact) mass is 204 g/mol. The van der Waals surface area contributed by atoms with Gasteiger partial charge in [-0.15, -0.1) is 0 Å². The normalized spacial score (nSPS) is 11.9. The molecule has 0 aliphatic heterocycles. The van der Waals surface area contributed by atoms with Gasteiger partial charge in [0.25, 0.3) is 5.55 Å². The van der Waals surface area contributed by atoms with Crippen molar-refractivity contribution in [2.24, 2.45) is 10.9 Å². The van der Waals surface area contributed by atoms with Crippen molar-refractivity contribution in [3.8, 4) is 0 Å². The van der Waals surface area contributed by atoms with Crippen molar-refractivity contribution in [2.75, 3.05) is 0 Å². The van der Waals surface area contributed by atoms with Crippen LogP contribution in [0.5, 0.6) is 0 Å². The first kappa shape index (κ1) is 9.26. The number of para-hydroxylation sites is 1. The minimum absolute atomic E-state index is 0.0532. The van der Waals surface area contributed by atoms with Crippen LogP contribution in [0.1, 0.15) is 10.4 Å². The Hall–Kier alpha value is -2.30. The lowest BCUT2D eigenvalue weighted by Crippen LogP contribution is -2.15. The minimum atomic E-state index is -0.591. The highest BCUT2D eigenvalue weighted by atomic mass is 16.5. The van der Waals surface area contributed by atoms with E-state index in [1.54, 1.807) is 24.3 Å². The van der Waals surface area contributed by atoms with Crippen LogP contribution in [-0.4, -0.2) is 11.1 Å². The maximum absolute atomic E-state index is 11.1. The summed E-state index contributed by atoms with van der Waals surface area (Å²) in [6.45, 7) is 0. The zero-order valence-electron chi connectivity index (χ0n) is 7.68. The highest BCUT2D eigenvalue weighted by molar-refractivity contribution is 6.04. The van der Waals surface area contributed by atoms with Gasteiger partial charge in [0, 0.05) is 11.5 Å². The van der Waals surface area contributed by atoms with E-state index in [4.69, 9.17) is 15.4 Å². The largest absolute Gasteiger partial charge is 0.436 e. The molecule has 0 aliphatic carbocycles. The Morgan fingerprint density at radius 3 is 2.80 bits per heavy atom. The summed E-state index contributed by atoms with van der Waals surface area (Å²) in [5.74, 6) is -0.591. The molecule has 0 radical (unpaired) electrons. The van der Waals surface area contributed by atoms with Crippen molar-refractivity contribution in [1.82, 2.24) is 0 Å². The number of amides is 1. The molecule has 3 N–H and O–H groups in total. The number of nitrogens with two attached hydrogens (primary N) is 1. The topological polar surface area (TPSA) is 88.8 Å². The Balaban J connectivity index is 2.93. The van der Waals surface area contributed by atoms with Gasteiger partial charge in [-0.3, -0.25) is 4.79 Å². The van der Waals surface area contributed by atoms with E-state index in [1.165, 1.54) is 6.07 Å². The molecule has 5 nitrogen and oxygen atoms in total. The fraction of sp³-hybridized carbons (Fsp3) is 0. The van der Waals surface area contributed by atoms with Gasteiger partial charge in [-0.25, -0.2) is 0 Å². The molecular formula is C10H8N2O3. The second-order valence-electron chi connectivity index (χ2n) is 2.96. The van der Waals surface area contributed by atoms with E-state index in [-0.39, 0.29) is 11.1 Å². The minimum Gasteiger partial charge on any atom is -0.436 e. The highest BCUT2D eigenvalue weighted by Gasteiger charge is 2.08. The number of carbonyl (C=O) groups excluding carboxylic acids is 1. The third kappa shape index (κ3) is 1.54. The third-order valence-corrected chi connectivity index (χ3v) is 2.02. The van der Waals surface area contributed by atoms with Gasteiger partial charge in [0.2, 0.25) is 5.91 Å². The number of hydrogen-bond donors (Lipinski definition) is 2. The molecule has 0 bridgehead atoms. The number of benzene rings is 1. The number of hydrogen-bond acceptors (Lipinski definition) is 4. The first-order valence-electron chi connectivity index (χ1n) is 4.23. The number of rotatable bonds is 1. The van der Waals surface area contributed by atoms with Crippen molar-refractivity contribution in [3.05, 3.63) is 41.4 Å². The highest BCUT2D eigenvalue weighted by Crippen LogP contribution is 2.15. The van der Waals surface area contributed by atoms with Gasteiger partial charge in [-0.05, 0) is 11.2 Å². The molecule has 0 saturated carbocycles. The van der Waals surface area contributed by atoms with Crippen molar-refractivity contribution >= 4 is 16.9 Å². The molecule has 2 aromatic rings. The van der Waals surface area contributed by atoms with Crippen LogP contribution in [0.25, 0.3) is 11.0 Å². The third-order valence-electron chi connectivity index (χ3n) is 2.02. The average Bonchev–Trinajstić information content (AvgIpc) is 2.27. The Morgan fingerprint density at radius 1 is 1.40 bits per heavy atom. The molecule has 0 atom stereocenters. The second kappa shape index (κ2) is 3.45. The molecule has 0 unspecified atom stereocenters. The predicted octanol–water partition coefficient (Wildman–Crippen LogP) is 0.822. The van der Waals surface area contributed by atoms with E-state index in [9.17, 15) is 4.79 Å². The Kier molecular flexibility index (Phi) is 2.13. The fourth-order valence-electron chi connectivity index (χ4n) is 1.37. The lowest BCUT2D eigenvalue weighted by atomic mass is 10.1. The molecule has 0 fully saturated rings. The van der Waals surface area contributed by atoms with Gasteiger partial charge in [0.15, 0.2) is 0 Å². The molecule has 1 heterocycles. The molecule has 5 heteroatoms. The van der Waals surface area contributed by atoms with Gasteiger partial charge in [-0.1, -0.05) is 18.2 Å². The van der Waals surface area contributed by atoms with E-state index >= 15 is 0 Å². The molecule has 2 rings (SSSR count). The molecular weight excluding hydrogens is 196 g/mol. The molecule has 76 valence electrons. The lowest BCUT2D eigenvalue weighted by molar-refractivity contribution is 0.100. The SMILES string of the molecule is NC(=O)c1cc(=NO)oc2ccccc12. The summed E-state index contributed by atoms with van der Waals surface area (Å²) in [4.78, 5) is 11.1. The van der Waals surface area contributed by atoms with Crippen LogP contribution in [0.15, 0.2) is 39.9 Å². The quantitative estimate of drug-likeness (QED) is 0.532. The van der Waals surface area contributed by atoms with E-state index in [0.717, 1.165) is 0 Å². The van der Waals surface area contributed by atoms with Crippen LogP contribution in [0, 0.1) is 0 Å². The zero-order valence-corrected chi connectivity index (χ0v) is 7.68. The Labute approximate surface area is 84.4 Å². The Morgan fingerprint density at radius 2 is 2.13 bits per heavy atom. The molecule has 1 aromatic heterocycles. The molecule has 15 heavy (non-hydrogen) atoms. The molecule has 0 aliphatic rings. The van der Waals surface area contributed by atoms with Crippen LogP contribution in [0.4, 0.5) is 0 Å². The van der Waals surface area contributed by atoms with E-state index in [0.29, 0.717) is 11.0 Å². The van der Waals surface area contributed by atoms with Gasteiger partial charge in [0.1, 0.15) is 5.58 Å². The first-order valence-corrected chi connectivity index (χ1v) is 4.23. The number of fused-ring (bicyclic) bond motifs is 1. The number of primary amides is 1. The van der Waals surface area contributed by atoms with Crippen molar-refractivity contribution in [1.29, 1.82) is 0 Å². The summed E-state index contributed by atoms with van der Waals surface area (Å²) in [5, 5.41) is 12.1. The number of carbonyl (C=O) groups is 1. The van der Waals surface area contributed by atoms with E-state index < -0.39 is 5.91 Å². The maximum Gasteiger partial charge on any atom is 0.256 e. The second-order valence-corrected chi connectivity index (χ2v) is 2.96. The van der Waals surface area contributed by atoms with Gasteiger partial charge < -0.3 is 15.4 Å². The lowest BCUT2D eigenvalue weighted by Gasteiger charge is -2.00. The number of nitrogens with zero attached hydrogens (tertiary/aromatic N) is 1. The van der Waals surface area contributed by atoms with Crippen molar-refractivity contribution in [2.45, 2.75) is 0 Å². The van der Waals surface area contributed by atoms with E-state index in [1.807, 2.05) is 0 Å². The van der Waals surface area contributed by atoms with Crippen molar-refractivity contribution in [3.63, 3.8) is 0 Å². The van der Waals surface area contributed by atoms with Crippen LogP contribution >= 0.6 is 0 Å². The van der Waals surface area contributed by atoms with Gasteiger partial charge in [-0.2, -0.15) is 0 Å². The summed E-state index contributed by atoms with van der Waals surface area (Å²) >= 11 is 0. The van der Waals surface area contributed by atoms with Crippen molar-refractivity contribution < 1.29 is 14.4 Å². The summed E-state index contributed by atoms with van der Waals surface area (Å²) in [6.07, 6.45) is 0. The summed E-state index contributed by atoms with van der Waals surface area (Å²) in [7, 11) is 0. The standard InChI is InChI=1S/C10H8N2O3/c11-10(13)7-5-9(12-14)15-8-4-2-1-3-6(7)8/h1-5,14H,(H2,11,13).